The van der Waals surface area contributed by atoms with Gasteiger partial charge in [0.25, 0.3) is 0 Å². The molecular formula is C18H26N2O4. The zero-order valence-corrected chi connectivity index (χ0v) is 14.7. The molecule has 132 valence electrons. The second kappa shape index (κ2) is 7.66. The number of carbonyl (C=O) groups is 2. The van der Waals surface area contributed by atoms with Crippen LogP contribution in [0, 0.1) is 0 Å². The summed E-state index contributed by atoms with van der Waals surface area (Å²) in [7, 11) is 1.59. The van der Waals surface area contributed by atoms with E-state index in [0.29, 0.717) is 25.1 Å². The van der Waals surface area contributed by atoms with Gasteiger partial charge in [-0.25, -0.2) is 0 Å². The maximum Gasteiger partial charge on any atom is 0.228 e. The molecule has 0 bridgehead atoms. The van der Waals surface area contributed by atoms with Gasteiger partial charge in [0.05, 0.1) is 25.2 Å². The van der Waals surface area contributed by atoms with E-state index in [0.717, 1.165) is 5.56 Å². The summed E-state index contributed by atoms with van der Waals surface area (Å²) in [4.78, 5) is 25.3. The Balaban J connectivity index is 2.09. The number of hydrogen-bond donors (Lipinski definition) is 1. The second-order valence-electron chi connectivity index (χ2n) is 6.92. The lowest BCUT2D eigenvalue weighted by atomic mass is 10.1. The molecule has 0 aromatic heterocycles. The molecule has 2 atom stereocenters. The molecule has 1 N–H and O–H groups in total. The van der Waals surface area contributed by atoms with E-state index in [2.05, 4.69) is 5.32 Å². The van der Waals surface area contributed by atoms with Gasteiger partial charge in [-0.3, -0.25) is 9.59 Å². The second-order valence-corrected chi connectivity index (χ2v) is 6.92. The fraction of sp³-hybridized carbons (Fsp3) is 0.556. The molecule has 2 amide bonds. The van der Waals surface area contributed by atoms with Crippen LogP contribution in [0.3, 0.4) is 0 Å². The minimum Gasteiger partial charge on any atom is -0.496 e. The molecule has 0 spiro atoms. The number of carbonyl (C=O) groups excluding carboxylic acids is 2. The standard InChI is InChI=1S/C18H26N2O4/c1-18(2,3)24-14-10-16(19-12-21)20(11-14)17(22)9-13-7-5-6-8-15(13)23-4/h5-8,12,14,16H,9-11H2,1-4H3,(H,19,21). The van der Waals surface area contributed by atoms with Gasteiger partial charge in [-0.05, 0) is 26.8 Å². The number of methoxy groups -OCH3 is 1. The van der Waals surface area contributed by atoms with E-state index >= 15 is 0 Å². The molecule has 0 aliphatic carbocycles. The first-order valence-corrected chi connectivity index (χ1v) is 8.13. The molecule has 1 fully saturated rings. The minimum absolute atomic E-state index is 0.0566. The summed E-state index contributed by atoms with van der Waals surface area (Å²) in [5.41, 5.74) is 0.535. The van der Waals surface area contributed by atoms with Crippen molar-refractivity contribution < 1.29 is 19.1 Å². The molecule has 1 saturated heterocycles. The summed E-state index contributed by atoms with van der Waals surface area (Å²) < 4.78 is 11.3. The highest BCUT2D eigenvalue weighted by Crippen LogP contribution is 2.25. The van der Waals surface area contributed by atoms with E-state index in [4.69, 9.17) is 9.47 Å². The lowest BCUT2D eigenvalue weighted by Gasteiger charge is -2.25. The van der Waals surface area contributed by atoms with Gasteiger partial charge in [0.2, 0.25) is 12.3 Å². The molecule has 0 radical (unpaired) electrons. The molecule has 1 aromatic rings. The maximum atomic E-state index is 12.7. The van der Waals surface area contributed by atoms with Crippen molar-refractivity contribution in [2.24, 2.45) is 0 Å². The van der Waals surface area contributed by atoms with Crippen LogP contribution in [-0.4, -0.2) is 48.7 Å². The quantitative estimate of drug-likeness (QED) is 0.805. The zero-order chi connectivity index (χ0) is 17.7. The Hall–Kier alpha value is -2.08. The summed E-state index contributed by atoms with van der Waals surface area (Å²) in [5.74, 6) is 0.631. The number of likely N-dealkylation sites (tertiary alicyclic amines) is 1. The first-order chi connectivity index (χ1) is 11.3. The molecular weight excluding hydrogens is 308 g/mol. The average molecular weight is 334 g/mol. The monoisotopic (exact) mass is 334 g/mol. The number of amides is 2. The molecule has 1 heterocycles. The molecule has 6 nitrogen and oxygen atoms in total. The van der Waals surface area contributed by atoms with Crippen LogP contribution in [0.1, 0.15) is 32.8 Å². The van der Waals surface area contributed by atoms with Gasteiger partial charge >= 0.3 is 0 Å². The highest BCUT2D eigenvalue weighted by atomic mass is 16.5. The van der Waals surface area contributed by atoms with E-state index in [1.807, 2.05) is 45.0 Å². The van der Waals surface area contributed by atoms with Gasteiger partial charge in [-0.15, -0.1) is 0 Å². The molecule has 1 aliphatic rings. The van der Waals surface area contributed by atoms with Crippen LogP contribution >= 0.6 is 0 Å². The number of nitrogens with zero attached hydrogens (tertiary/aromatic N) is 1. The summed E-state index contributed by atoms with van der Waals surface area (Å²) >= 11 is 0. The molecule has 24 heavy (non-hydrogen) atoms. The minimum atomic E-state index is -0.336. The van der Waals surface area contributed by atoms with Crippen LogP contribution in [0.4, 0.5) is 0 Å². The lowest BCUT2D eigenvalue weighted by Crippen LogP contribution is -2.44. The smallest absolute Gasteiger partial charge is 0.228 e. The normalized spacial score (nSPS) is 20.8. The summed E-state index contributed by atoms with van der Waals surface area (Å²) in [6.45, 7) is 6.41. The van der Waals surface area contributed by atoms with E-state index in [9.17, 15) is 9.59 Å². The highest BCUT2D eigenvalue weighted by Gasteiger charge is 2.37. The van der Waals surface area contributed by atoms with Gasteiger partial charge < -0.3 is 19.7 Å². The Bertz CT molecular complexity index is 583. The number of ether oxygens (including phenoxy) is 2. The van der Waals surface area contributed by atoms with Crippen molar-refractivity contribution in [2.45, 2.75) is 51.5 Å². The van der Waals surface area contributed by atoms with Crippen LogP contribution in [0.25, 0.3) is 0 Å². The predicted molar refractivity (Wildman–Crippen MR) is 90.6 cm³/mol. The lowest BCUT2D eigenvalue weighted by molar-refractivity contribution is -0.133. The largest absolute Gasteiger partial charge is 0.496 e. The van der Waals surface area contributed by atoms with Crippen LogP contribution in [0.5, 0.6) is 5.75 Å². The van der Waals surface area contributed by atoms with Crippen LogP contribution in [0.15, 0.2) is 24.3 Å². The van der Waals surface area contributed by atoms with Gasteiger partial charge in [0.1, 0.15) is 11.9 Å². The maximum absolute atomic E-state index is 12.7. The highest BCUT2D eigenvalue weighted by molar-refractivity contribution is 5.80. The Morgan fingerprint density at radius 1 is 1.38 bits per heavy atom. The van der Waals surface area contributed by atoms with Crippen molar-refractivity contribution in [3.63, 3.8) is 0 Å². The van der Waals surface area contributed by atoms with Gasteiger partial charge in [0, 0.05) is 18.5 Å². The number of hydrogen-bond acceptors (Lipinski definition) is 4. The number of benzene rings is 1. The van der Waals surface area contributed by atoms with Crippen molar-refractivity contribution in [1.82, 2.24) is 10.2 Å². The van der Waals surface area contributed by atoms with Crippen LogP contribution in [0.2, 0.25) is 0 Å². The van der Waals surface area contributed by atoms with Crippen molar-refractivity contribution in [2.75, 3.05) is 13.7 Å². The topological polar surface area (TPSA) is 67.9 Å². The SMILES string of the molecule is COc1ccccc1CC(=O)N1CC(OC(C)(C)C)CC1NC=O. The van der Waals surface area contributed by atoms with Gasteiger partial charge in [-0.2, -0.15) is 0 Å². The third kappa shape index (κ3) is 4.71. The zero-order valence-electron chi connectivity index (χ0n) is 14.7. The van der Waals surface area contributed by atoms with Crippen molar-refractivity contribution >= 4 is 12.3 Å². The molecule has 0 saturated carbocycles. The van der Waals surface area contributed by atoms with Crippen LogP contribution < -0.4 is 10.1 Å². The van der Waals surface area contributed by atoms with Crippen molar-refractivity contribution in [1.29, 1.82) is 0 Å². The number of rotatable bonds is 6. The fourth-order valence-electron chi connectivity index (χ4n) is 3.01. The molecule has 2 rings (SSSR count). The molecule has 1 aliphatic heterocycles. The summed E-state index contributed by atoms with van der Waals surface area (Å²) in [6.07, 6.45) is 1.02. The first-order valence-electron chi connectivity index (χ1n) is 8.13. The van der Waals surface area contributed by atoms with Crippen molar-refractivity contribution in [3.8, 4) is 5.75 Å². The van der Waals surface area contributed by atoms with Gasteiger partial charge in [0.15, 0.2) is 0 Å². The Morgan fingerprint density at radius 2 is 2.08 bits per heavy atom. The van der Waals surface area contributed by atoms with E-state index in [-0.39, 0.29) is 30.2 Å². The molecule has 6 heteroatoms. The van der Waals surface area contributed by atoms with E-state index in [1.165, 1.54) is 0 Å². The molecule has 2 unspecified atom stereocenters. The third-order valence-electron chi connectivity index (χ3n) is 3.90. The Labute approximate surface area is 143 Å². The Morgan fingerprint density at radius 3 is 2.71 bits per heavy atom. The number of para-hydroxylation sites is 1. The van der Waals surface area contributed by atoms with Crippen LogP contribution in [-0.2, 0) is 20.7 Å². The molecule has 1 aromatic carbocycles. The Kier molecular flexibility index (Phi) is 5.83. The van der Waals surface area contributed by atoms with E-state index < -0.39 is 0 Å². The summed E-state index contributed by atoms with van der Waals surface area (Å²) in [5, 5.41) is 2.72. The third-order valence-corrected chi connectivity index (χ3v) is 3.90. The fourth-order valence-corrected chi connectivity index (χ4v) is 3.01. The number of nitrogens with one attached hydrogen (secondary N) is 1. The average Bonchev–Trinajstić information content (AvgIpc) is 2.88. The van der Waals surface area contributed by atoms with Crippen molar-refractivity contribution in [3.05, 3.63) is 29.8 Å². The summed E-state index contributed by atoms with van der Waals surface area (Å²) in [6, 6.07) is 7.45. The first kappa shape index (κ1) is 18.3. The van der Waals surface area contributed by atoms with Gasteiger partial charge in [-0.1, -0.05) is 18.2 Å². The predicted octanol–water partition coefficient (Wildman–Crippen LogP) is 1.73. The van der Waals surface area contributed by atoms with E-state index in [1.54, 1.807) is 12.0 Å².